The Morgan fingerprint density at radius 3 is 2.41 bits per heavy atom. The summed E-state index contributed by atoms with van der Waals surface area (Å²) in [6.45, 7) is 1.19. The van der Waals surface area contributed by atoms with Gasteiger partial charge < -0.3 is 15.3 Å². The second kappa shape index (κ2) is 8.95. The van der Waals surface area contributed by atoms with Crippen molar-refractivity contribution in [2.24, 2.45) is 0 Å². The Morgan fingerprint density at radius 2 is 1.79 bits per heavy atom. The van der Waals surface area contributed by atoms with Crippen LogP contribution in [0.2, 0.25) is 0 Å². The number of hydrogen-bond acceptors (Lipinski definition) is 5. The SMILES string of the molecule is CC1=C([C@H](O)CC/C(=C/c2ccc(O)cc2)c2ccccc2)[C@H](CO)S(=O)(=O)C1. The van der Waals surface area contributed by atoms with Crippen LogP contribution in [0.15, 0.2) is 65.7 Å². The van der Waals surface area contributed by atoms with Gasteiger partial charge in [-0.15, -0.1) is 0 Å². The Balaban J connectivity index is 1.84. The topological polar surface area (TPSA) is 94.8 Å². The maximum atomic E-state index is 12.2. The van der Waals surface area contributed by atoms with Gasteiger partial charge in [0.15, 0.2) is 9.84 Å². The Labute approximate surface area is 171 Å². The highest BCUT2D eigenvalue weighted by Crippen LogP contribution is 2.33. The fraction of sp³-hybridized carbons (Fsp3) is 0.304. The van der Waals surface area contributed by atoms with Crippen LogP contribution >= 0.6 is 0 Å². The van der Waals surface area contributed by atoms with Crippen LogP contribution in [-0.2, 0) is 9.84 Å². The van der Waals surface area contributed by atoms with Gasteiger partial charge in [0.1, 0.15) is 11.0 Å². The van der Waals surface area contributed by atoms with Crippen LogP contribution in [0.1, 0.15) is 30.9 Å². The van der Waals surface area contributed by atoms with Crippen molar-refractivity contribution in [2.45, 2.75) is 31.1 Å². The van der Waals surface area contributed by atoms with Crippen LogP contribution in [0.4, 0.5) is 0 Å². The minimum atomic E-state index is -3.45. The second-order valence-corrected chi connectivity index (χ2v) is 9.58. The van der Waals surface area contributed by atoms with E-state index in [2.05, 4.69) is 0 Å². The molecule has 0 fully saturated rings. The molecule has 0 spiro atoms. The van der Waals surface area contributed by atoms with Crippen molar-refractivity contribution in [3.8, 4) is 5.75 Å². The molecule has 0 bridgehead atoms. The van der Waals surface area contributed by atoms with E-state index in [4.69, 9.17) is 0 Å². The zero-order valence-corrected chi connectivity index (χ0v) is 17.1. The summed E-state index contributed by atoms with van der Waals surface area (Å²) in [6.07, 6.45) is 1.94. The second-order valence-electron chi connectivity index (χ2n) is 7.40. The summed E-state index contributed by atoms with van der Waals surface area (Å²) in [5.74, 6) is 0.0817. The van der Waals surface area contributed by atoms with Gasteiger partial charge in [0.25, 0.3) is 0 Å². The third-order valence-electron chi connectivity index (χ3n) is 5.28. The molecule has 0 saturated carbocycles. The summed E-state index contributed by atoms with van der Waals surface area (Å²) >= 11 is 0. The molecule has 6 heteroatoms. The number of phenolic OH excluding ortho intramolecular Hbond substituents is 1. The van der Waals surface area contributed by atoms with Gasteiger partial charge in [-0.3, -0.25) is 0 Å². The van der Waals surface area contributed by atoms with E-state index in [-0.39, 0.29) is 11.5 Å². The van der Waals surface area contributed by atoms with Crippen LogP contribution in [-0.4, -0.2) is 47.5 Å². The van der Waals surface area contributed by atoms with E-state index in [1.54, 1.807) is 19.1 Å². The summed E-state index contributed by atoms with van der Waals surface area (Å²) < 4.78 is 24.4. The lowest BCUT2D eigenvalue weighted by Gasteiger charge is -2.19. The summed E-state index contributed by atoms with van der Waals surface area (Å²) in [5.41, 5.74) is 3.99. The van der Waals surface area contributed by atoms with Crippen molar-refractivity contribution >= 4 is 21.5 Å². The summed E-state index contributed by atoms with van der Waals surface area (Å²) in [7, 11) is -3.45. The van der Waals surface area contributed by atoms with Gasteiger partial charge in [-0.05, 0) is 54.2 Å². The van der Waals surface area contributed by atoms with Gasteiger partial charge in [-0.25, -0.2) is 8.42 Å². The summed E-state index contributed by atoms with van der Waals surface area (Å²) in [4.78, 5) is 0. The van der Waals surface area contributed by atoms with Crippen molar-refractivity contribution in [3.05, 3.63) is 76.9 Å². The third kappa shape index (κ3) is 4.96. The van der Waals surface area contributed by atoms with Crippen molar-refractivity contribution in [1.82, 2.24) is 0 Å². The van der Waals surface area contributed by atoms with Gasteiger partial charge in [-0.2, -0.15) is 0 Å². The monoisotopic (exact) mass is 414 g/mol. The molecule has 0 saturated heterocycles. The highest BCUT2D eigenvalue weighted by atomic mass is 32.2. The number of allylic oxidation sites excluding steroid dienone is 1. The fourth-order valence-electron chi connectivity index (χ4n) is 3.84. The van der Waals surface area contributed by atoms with Gasteiger partial charge in [0.05, 0.1) is 18.5 Å². The smallest absolute Gasteiger partial charge is 0.163 e. The van der Waals surface area contributed by atoms with E-state index in [1.807, 2.05) is 48.5 Å². The zero-order chi connectivity index (χ0) is 21.0. The summed E-state index contributed by atoms with van der Waals surface area (Å²) in [5, 5.41) is 28.8. The van der Waals surface area contributed by atoms with Gasteiger partial charge in [0, 0.05) is 0 Å². The molecule has 2 atom stereocenters. The average Bonchev–Trinajstić information content (AvgIpc) is 2.94. The van der Waals surface area contributed by atoms with Crippen molar-refractivity contribution < 1.29 is 23.7 Å². The Bertz CT molecular complexity index is 1000. The first-order chi connectivity index (χ1) is 13.8. The molecular formula is C23H26O5S. The first kappa shape index (κ1) is 21.3. The van der Waals surface area contributed by atoms with Crippen LogP contribution in [0, 0.1) is 0 Å². The molecule has 0 aliphatic carbocycles. The standard InChI is InChI=1S/C23H26O5S/c1-16-15-29(27,28)22(14-24)23(16)21(26)12-9-19(18-5-3-2-4-6-18)13-17-7-10-20(25)11-8-17/h2-8,10-11,13,21-22,24-26H,9,12,14-15H2,1H3/b19-13-/t21-,22+/m1/s1. The first-order valence-corrected chi connectivity index (χ1v) is 11.3. The molecular weight excluding hydrogens is 388 g/mol. The average molecular weight is 415 g/mol. The van der Waals surface area contributed by atoms with Gasteiger partial charge in [-0.1, -0.05) is 54.1 Å². The van der Waals surface area contributed by atoms with Gasteiger partial charge >= 0.3 is 0 Å². The highest BCUT2D eigenvalue weighted by Gasteiger charge is 2.39. The quantitative estimate of drug-likeness (QED) is 0.478. The number of sulfone groups is 1. The number of aromatic hydroxyl groups is 1. The molecule has 5 nitrogen and oxygen atoms in total. The lowest BCUT2D eigenvalue weighted by Crippen LogP contribution is -2.29. The zero-order valence-electron chi connectivity index (χ0n) is 16.3. The number of rotatable bonds is 7. The normalized spacial score (nSPS) is 20.1. The van der Waals surface area contributed by atoms with Crippen LogP contribution in [0.5, 0.6) is 5.75 Å². The maximum absolute atomic E-state index is 12.2. The molecule has 2 aromatic carbocycles. The van der Waals surface area contributed by atoms with E-state index in [0.717, 1.165) is 16.7 Å². The molecule has 0 unspecified atom stereocenters. The van der Waals surface area contributed by atoms with E-state index < -0.39 is 27.8 Å². The molecule has 0 aromatic heterocycles. The molecule has 1 aliphatic heterocycles. The minimum absolute atomic E-state index is 0.112. The van der Waals surface area contributed by atoms with E-state index in [1.165, 1.54) is 0 Å². The molecule has 154 valence electrons. The van der Waals surface area contributed by atoms with Crippen molar-refractivity contribution in [2.75, 3.05) is 12.4 Å². The molecule has 1 heterocycles. The van der Waals surface area contributed by atoms with Crippen LogP contribution in [0.25, 0.3) is 11.6 Å². The molecule has 3 N–H and O–H groups in total. The van der Waals surface area contributed by atoms with Crippen molar-refractivity contribution in [3.63, 3.8) is 0 Å². The Morgan fingerprint density at radius 1 is 1.14 bits per heavy atom. The maximum Gasteiger partial charge on any atom is 0.163 e. The molecule has 29 heavy (non-hydrogen) atoms. The largest absolute Gasteiger partial charge is 0.508 e. The van der Waals surface area contributed by atoms with E-state index in [9.17, 15) is 23.7 Å². The number of aliphatic hydroxyl groups is 2. The predicted molar refractivity (Wildman–Crippen MR) is 115 cm³/mol. The van der Waals surface area contributed by atoms with E-state index >= 15 is 0 Å². The number of phenols is 1. The minimum Gasteiger partial charge on any atom is -0.508 e. The highest BCUT2D eigenvalue weighted by molar-refractivity contribution is 7.92. The van der Waals surface area contributed by atoms with E-state index in [0.29, 0.717) is 24.0 Å². The van der Waals surface area contributed by atoms with Gasteiger partial charge in [0.2, 0.25) is 0 Å². The fourth-order valence-corrected chi connectivity index (χ4v) is 5.78. The Hall–Kier alpha value is -2.41. The predicted octanol–water partition coefficient (Wildman–Crippen LogP) is 3.18. The third-order valence-corrected chi connectivity index (χ3v) is 7.39. The molecule has 1 aliphatic rings. The number of hydrogen-bond donors (Lipinski definition) is 3. The molecule has 0 amide bonds. The van der Waals surface area contributed by atoms with Crippen LogP contribution < -0.4 is 0 Å². The number of aliphatic hydroxyl groups excluding tert-OH is 2. The van der Waals surface area contributed by atoms with Crippen LogP contribution in [0.3, 0.4) is 0 Å². The molecule has 2 aromatic rings. The lowest BCUT2D eigenvalue weighted by atomic mass is 9.92. The Kier molecular flexibility index (Phi) is 6.57. The first-order valence-electron chi connectivity index (χ1n) is 9.57. The number of benzene rings is 2. The molecule has 0 radical (unpaired) electrons. The molecule has 3 rings (SSSR count). The lowest BCUT2D eigenvalue weighted by molar-refractivity contribution is 0.190. The van der Waals surface area contributed by atoms with Crippen molar-refractivity contribution in [1.29, 1.82) is 0 Å². The summed E-state index contributed by atoms with van der Waals surface area (Å²) in [6, 6.07) is 16.6.